The Hall–Kier alpha value is -3.09. The molecule has 7 heteroatoms. The second-order valence-corrected chi connectivity index (χ2v) is 6.82. The zero-order valence-electron chi connectivity index (χ0n) is 14.2. The van der Waals surface area contributed by atoms with Crippen LogP contribution in [0.4, 0.5) is 15.3 Å². The standard InChI is InChI=1S/C19H20N4O3/c24-18(22-9-16(10-22)14-2-1-7-20-8-14)21-17-5-3-13(4-6-17)15-11-23(12-15)19(25)26/h1-8,15-16H,9-12H2,(H,21,24)(H,25,26). The molecular weight excluding hydrogens is 332 g/mol. The average Bonchev–Trinajstić information content (AvgIpc) is 2.54. The first-order chi connectivity index (χ1) is 12.6. The van der Waals surface area contributed by atoms with Crippen molar-refractivity contribution in [2.24, 2.45) is 0 Å². The Bertz CT molecular complexity index is 797. The third kappa shape index (κ3) is 3.20. The number of hydrogen-bond acceptors (Lipinski definition) is 3. The number of hydrogen-bond donors (Lipinski definition) is 2. The molecule has 2 aliphatic rings. The monoisotopic (exact) mass is 352 g/mol. The molecule has 2 fully saturated rings. The summed E-state index contributed by atoms with van der Waals surface area (Å²) >= 11 is 0. The van der Waals surface area contributed by atoms with Crippen LogP contribution in [0.5, 0.6) is 0 Å². The molecule has 0 saturated carbocycles. The number of amides is 3. The normalized spacial score (nSPS) is 17.4. The van der Waals surface area contributed by atoms with Crippen LogP contribution in [-0.2, 0) is 0 Å². The first-order valence-corrected chi connectivity index (χ1v) is 8.64. The van der Waals surface area contributed by atoms with Crippen LogP contribution in [0.25, 0.3) is 0 Å². The van der Waals surface area contributed by atoms with Crippen LogP contribution in [-0.4, -0.2) is 58.2 Å². The third-order valence-electron chi connectivity index (χ3n) is 5.11. The molecule has 134 valence electrons. The van der Waals surface area contributed by atoms with Crippen molar-refractivity contribution in [1.82, 2.24) is 14.8 Å². The molecule has 0 bridgehead atoms. The summed E-state index contributed by atoms with van der Waals surface area (Å²) in [6.45, 7) is 2.46. The molecule has 1 aromatic heterocycles. The number of nitrogens with one attached hydrogen (secondary N) is 1. The van der Waals surface area contributed by atoms with Gasteiger partial charge in [-0.25, -0.2) is 9.59 Å². The topological polar surface area (TPSA) is 85.8 Å². The number of pyridine rings is 1. The maximum absolute atomic E-state index is 12.3. The number of carbonyl (C=O) groups is 2. The minimum Gasteiger partial charge on any atom is -0.465 e. The van der Waals surface area contributed by atoms with Gasteiger partial charge < -0.3 is 20.2 Å². The first-order valence-electron chi connectivity index (χ1n) is 8.64. The van der Waals surface area contributed by atoms with E-state index in [1.165, 1.54) is 4.90 Å². The molecular formula is C19H20N4O3. The molecule has 0 unspecified atom stereocenters. The van der Waals surface area contributed by atoms with Gasteiger partial charge in [-0.15, -0.1) is 0 Å². The fourth-order valence-electron chi connectivity index (χ4n) is 3.36. The van der Waals surface area contributed by atoms with Crippen LogP contribution in [0.2, 0.25) is 0 Å². The number of carbonyl (C=O) groups excluding carboxylic acids is 1. The molecule has 0 spiro atoms. The number of benzene rings is 1. The minimum absolute atomic E-state index is 0.0985. The number of urea groups is 1. The van der Waals surface area contributed by atoms with Gasteiger partial charge in [-0.05, 0) is 29.3 Å². The quantitative estimate of drug-likeness (QED) is 0.889. The summed E-state index contributed by atoms with van der Waals surface area (Å²) in [5.74, 6) is 0.596. The Morgan fingerprint density at radius 1 is 0.962 bits per heavy atom. The van der Waals surface area contributed by atoms with E-state index in [0.29, 0.717) is 32.1 Å². The van der Waals surface area contributed by atoms with Gasteiger partial charge in [0.1, 0.15) is 0 Å². The molecule has 0 atom stereocenters. The maximum atomic E-state index is 12.3. The molecule has 2 N–H and O–H groups in total. The van der Waals surface area contributed by atoms with E-state index in [9.17, 15) is 9.59 Å². The van der Waals surface area contributed by atoms with Crippen molar-refractivity contribution in [2.45, 2.75) is 11.8 Å². The summed E-state index contributed by atoms with van der Waals surface area (Å²) in [4.78, 5) is 30.4. The predicted molar refractivity (Wildman–Crippen MR) is 96.4 cm³/mol. The molecule has 2 aromatic rings. The molecule has 0 aliphatic carbocycles. The summed E-state index contributed by atoms with van der Waals surface area (Å²) in [5, 5.41) is 11.8. The minimum atomic E-state index is -0.871. The highest BCUT2D eigenvalue weighted by Gasteiger charge is 2.33. The van der Waals surface area contributed by atoms with E-state index in [4.69, 9.17) is 5.11 Å². The zero-order chi connectivity index (χ0) is 18.1. The molecule has 26 heavy (non-hydrogen) atoms. The lowest BCUT2D eigenvalue weighted by molar-refractivity contribution is 0.105. The summed E-state index contributed by atoms with van der Waals surface area (Å²) < 4.78 is 0. The van der Waals surface area contributed by atoms with Gasteiger partial charge in [0.15, 0.2) is 0 Å². The lowest BCUT2D eigenvalue weighted by Crippen LogP contribution is -2.50. The zero-order valence-corrected chi connectivity index (χ0v) is 14.2. The van der Waals surface area contributed by atoms with E-state index in [-0.39, 0.29) is 11.9 Å². The van der Waals surface area contributed by atoms with Crippen LogP contribution in [0.3, 0.4) is 0 Å². The lowest BCUT2D eigenvalue weighted by Gasteiger charge is -2.39. The van der Waals surface area contributed by atoms with Crippen molar-refractivity contribution in [3.8, 4) is 0 Å². The molecule has 1 aromatic carbocycles. The van der Waals surface area contributed by atoms with Crippen molar-refractivity contribution in [3.05, 3.63) is 59.9 Å². The molecule has 3 amide bonds. The highest BCUT2D eigenvalue weighted by molar-refractivity contribution is 5.90. The first kappa shape index (κ1) is 16.4. The van der Waals surface area contributed by atoms with Crippen LogP contribution >= 0.6 is 0 Å². The predicted octanol–water partition coefficient (Wildman–Crippen LogP) is 2.79. The van der Waals surface area contributed by atoms with Crippen LogP contribution < -0.4 is 5.32 Å². The number of aromatic nitrogens is 1. The highest BCUT2D eigenvalue weighted by Crippen LogP contribution is 2.29. The van der Waals surface area contributed by atoms with E-state index in [1.54, 1.807) is 11.1 Å². The average molecular weight is 352 g/mol. The SMILES string of the molecule is O=C(O)N1CC(c2ccc(NC(=O)N3CC(c4cccnc4)C3)cc2)C1. The number of rotatable bonds is 3. The van der Waals surface area contributed by atoms with Crippen molar-refractivity contribution < 1.29 is 14.7 Å². The number of likely N-dealkylation sites (tertiary alicyclic amines) is 2. The van der Waals surface area contributed by atoms with Crippen molar-refractivity contribution in [1.29, 1.82) is 0 Å². The third-order valence-corrected chi connectivity index (χ3v) is 5.11. The summed E-state index contributed by atoms with van der Waals surface area (Å²) in [6.07, 6.45) is 2.73. The maximum Gasteiger partial charge on any atom is 0.407 e. The molecule has 4 rings (SSSR count). The van der Waals surface area contributed by atoms with E-state index >= 15 is 0 Å². The second kappa shape index (κ2) is 6.67. The van der Waals surface area contributed by atoms with Gasteiger partial charge in [0.05, 0.1) is 0 Å². The fraction of sp³-hybridized carbons (Fsp3) is 0.316. The van der Waals surface area contributed by atoms with E-state index in [1.807, 2.05) is 42.6 Å². The van der Waals surface area contributed by atoms with Gasteiger partial charge in [-0.1, -0.05) is 18.2 Å². The van der Waals surface area contributed by atoms with Crippen molar-refractivity contribution in [2.75, 3.05) is 31.5 Å². The largest absolute Gasteiger partial charge is 0.465 e. The van der Waals surface area contributed by atoms with Crippen LogP contribution in [0, 0.1) is 0 Å². The van der Waals surface area contributed by atoms with Gasteiger partial charge in [0, 0.05) is 56.1 Å². The number of nitrogens with zero attached hydrogens (tertiary/aromatic N) is 3. The Morgan fingerprint density at radius 3 is 2.23 bits per heavy atom. The Morgan fingerprint density at radius 2 is 1.62 bits per heavy atom. The van der Waals surface area contributed by atoms with Crippen molar-refractivity contribution >= 4 is 17.8 Å². The summed E-state index contributed by atoms with van der Waals surface area (Å²) in [7, 11) is 0. The molecule has 3 heterocycles. The molecule has 7 nitrogen and oxygen atoms in total. The number of anilines is 1. The summed E-state index contributed by atoms with van der Waals surface area (Å²) in [5.41, 5.74) is 3.01. The number of carboxylic acid groups (broad SMARTS) is 1. The van der Waals surface area contributed by atoms with Crippen molar-refractivity contribution in [3.63, 3.8) is 0 Å². The van der Waals surface area contributed by atoms with E-state index < -0.39 is 6.09 Å². The molecule has 2 saturated heterocycles. The smallest absolute Gasteiger partial charge is 0.407 e. The van der Waals surface area contributed by atoms with Crippen LogP contribution in [0.15, 0.2) is 48.8 Å². The van der Waals surface area contributed by atoms with Gasteiger partial charge in [-0.2, -0.15) is 0 Å². The lowest BCUT2D eigenvalue weighted by atomic mass is 9.92. The fourth-order valence-corrected chi connectivity index (χ4v) is 3.36. The second-order valence-electron chi connectivity index (χ2n) is 6.82. The van der Waals surface area contributed by atoms with Gasteiger partial charge in [-0.3, -0.25) is 4.98 Å². The van der Waals surface area contributed by atoms with Gasteiger partial charge >= 0.3 is 12.1 Å². The highest BCUT2D eigenvalue weighted by atomic mass is 16.4. The van der Waals surface area contributed by atoms with Gasteiger partial charge in [0.2, 0.25) is 0 Å². The van der Waals surface area contributed by atoms with Crippen LogP contribution in [0.1, 0.15) is 23.0 Å². The molecule has 2 aliphatic heterocycles. The Labute approximate surface area is 151 Å². The van der Waals surface area contributed by atoms with Gasteiger partial charge in [0.25, 0.3) is 0 Å². The Kier molecular flexibility index (Phi) is 4.20. The van der Waals surface area contributed by atoms with E-state index in [2.05, 4.69) is 10.3 Å². The summed E-state index contributed by atoms with van der Waals surface area (Å²) in [6, 6.07) is 11.5. The Balaban J connectivity index is 1.27. The molecule has 0 radical (unpaired) electrons. The van der Waals surface area contributed by atoms with E-state index in [0.717, 1.165) is 16.8 Å².